The molecule has 1 saturated carbocycles. The minimum Gasteiger partial charge on any atom is -0.306 e. The second kappa shape index (κ2) is 5.59. The Labute approximate surface area is 83.1 Å². The summed E-state index contributed by atoms with van der Waals surface area (Å²) in [5.41, 5.74) is 0. The fourth-order valence-electron chi connectivity index (χ4n) is 1.92. The predicted molar refractivity (Wildman–Crippen MR) is 50.2 cm³/mol. The van der Waals surface area contributed by atoms with Crippen LogP contribution in [0.5, 0.6) is 0 Å². The third kappa shape index (κ3) is 5.47. The van der Waals surface area contributed by atoms with Gasteiger partial charge in [0.1, 0.15) is 0 Å². The van der Waals surface area contributed by atoms with Gasteiger partial charge in [-0.3, -0.25) is 0 Å². The lowest BCUT2D eigenvalue weighted by Gasteiger charge is -2.21. The molecule has 1 aliphatic carbocycles. The largest absolute Gasteiger partial charge is 0.401 e. The zero-order chi connectivity index (χ0) is 10.4. The first kappa shape index (κ1) is 11.8. The average molecular weight is 209 g/mol. The molecule has 1 rings (SSSR count). The van der Waals surface area contributed by atoms with Gasteiger partial charge >= 0.3 is 6.18 Å². The minimum absolute atomic E-state index is 0.0805. The number of alkyl halides is 3. The zero-order valence-corrected chi connectivity index (χ0v) is 8.37. The van der Waals surface area contributed by atoms with Crippen LogP contribution in [0, 0.1) is 0 Å². The number of hydrogen-bond acceptors (Lipinski definition) is 1. The molecule has 14 heavy (non-hydrogen) atoms. The fraction of sp³-hybridized carbons (Fsp3) is 1.00. The second-order valence-corrected chi connectivity index (χ2v) is 4.04. The van der Waals surface area contributed by atoms with E-state index in [1.165, 1.54) is 19.3 Å². The van der Waals surface area contributed by atoms with Crippen LogP contribution in [0.15, 0.2) is 0 Å². The Balaban J connectivity index is 2.20. The highest BCUT2D eigenvalue weighted by Crippen LogP contribution is 2.19. The SMILES string of the molecule is FC(F)(F)CNC1CCCCCCC1. The van der Waals surface area contributed by atoms with Gasteiger partial charge in [0, 0.05) is 6.04 Å². The molecule has 1 fully saturated rings. The summed E-state index contributed by atoms with van der Waals surface area (Å²) < 4.78 is 35.8. The van der Waals surface area contributed by atoms with Crippen LogP contribution in [0.4, 0.5) is 13.2 Å². The predicted octanol–water partition coefficient (Wildman–Crippen LogP) is 3.25. The molecule has 4 heteroatoms. The van der Waals surface area contributed by atoms with Gasteiger partial charge in [0.2, 0.25) is 0 Å². The number of halogens is 3. The van der Waals surface area contributed by atoms with Crippen molar-refractivity contribution in [3.05, 3.63) is 0 Å². The van der Waals surface area contributed by atoms with E-state index in [0.29, 0.717) is 0 Å². The lowest BCUT2D eigenvalue weighted by Crippen LogP contribution is -2.37. The van der Waals surface area contributed by atoms with E-state index in [1.54, 1.807) is 0 Å². The molecule has 0 heterocycles. The molecule has 0 unspecified atom stereocenters. The maximum atomic E-state index is 11.9. The van der Waals surface area contributed by atoms with Crippen LogP contribution in [-0.4, -0.2) is 18.8 Å². The Morgan fingerprint density at radius 3 is 1.93 bits per heavy atom. The van der Waals surface area contributed by atoms with Crippen molar-refractivity contribution in [1.82, 2.24) is 5.32 Å². The van der Waals surface area contributed by atoms with Crippen molar-refractivity contribution in [3.63, 3.8) is 0 Å². The zero-order valence-electron chi connectivity index (χ0n) is 8.37. The van der Waals surface area contributed by atoms with Crippen LogP contribution in [-0.2, 0) is 0 Å². The number of nitrogens with one attached hydrogen (secondary N) is 1. The van der Waals surface area contributed by atoms with E-state index >= 15 is 0 Å². The van der Waals surface area contributed by atoms with Gasteiger partial charge in [-0.15, -0.1) is 0 Å². The van der Waals surface area contributed by atoms with E-state index in [4.69, 9.17) is 0 Å². The summed E-state index contributed by atoms with van der Waals surface area (Å²) in [7, 11) is 0. The van der Waals surface area contributed by atoms with Crippen LogP contribution in [0.3, 0.4) is 0 Å². The van der Waals surface area contributed by atoms with E-state index < -0.39 is 12.7 Å². The summed E-state index contributed by atoms with van der Waals surface area (Å²) in [4.78, 5) is 0. The van der Waals surface area contributed by atoms with Gasteiger partial charge in [0.25, 0.3) is 0 Å². The summed E-state index contributed by atoms with van der Waals surface area (Å²) in [6, 6.07) is 0.0805. The first-order valence-corrected chi connectivity index (χ1v) is 5.38. The van der Waals surface area contributed by atoms with E-state index in [-0.39, 0.29) is 6.04 Å². The van der Waals surface area contributed by atoms with Gasteiger partial charge < -0.3 is 5.32 Å². The summed E-state index contributed by atoms with van der Waals surface area (Å²) >= 11 is 0. The van der Waals surface area contributed by atoms with Crippen LogP contribution in [0.1, 0.15) is 44.9 Å². The van der Waals surface area contributed by atoms with Crippen molar-refractivity contribution >= 4 is 0 Å². The van der Waals surface area contributed by atoms with Crippen molar-refractivity contribution in [3.8, 4) is 0 Å². The molecule has 0 amide bonds. The van der Waals surface area contributed by atoms with Crippen molar-refractivity contribution in [2.24, 2.45) is 0 Å². The number of rotatable bonds is 2. The third-order valence-electron chi connectivity index (χ3n) is 2.70. The highest BCUT2D eigenvalue weighted by Gasteiger charge is 2.27. The first-order chi connectivity index (χ1) is 6.58. The van der Waals surface area contributed by atoms with Crippen LogP contribution < -0.4 is 5.32 Å². The standard InChI is InChI=1S/C10H18F3N/c11-10(12,13)8-14-9-6-4-2-1-3-5-7-9/h9,14H,1-8H2. The van der Waals surface area contributed by atoms with Crippen LogP contribution in [0.2, 0.25) is 0 Å². The molecule has 0 saturated heterocycles. The molecule has 0 radical (unpaired) electrons. The second-order valence-electron chi connectivity index (χ2n) is 4.04. The molecule has 0 aromatic heterocycles. The molecule has 0 bridgehead atoms. The maximum absolute atomic E-state index is 11.9. The summed E-state index contributed by atoms with van der Waals surface area (Å²) in [6.45, 7) is -0.836. The van der Waals surface area contributed by atoms with Gasteiger partial charge in [-0.2, -0.15) is 13.2 Å². The Morgan fingerprint density at radius 1 is 0.929 bits per heavy atom. The molecular formula is C10H18F3N. The average Bonchev–Trinajstić information content (AvgIpc) is 2.00. The van der Waals surface area contributed by atoms with E-state index in [9.17, 15) is 13.2 Å². The van der Waals surface area contributed by atoms with Crippen LogP contribution in [0.25, 0.3) is 0 Å². The van der Waals surface area contributed by atoms with Crippen molar-refractivity contribution in [2.45, 2.75) is 57.2 Å². The highest BCUT2D eigenvalue weighted by atomic mass is 19.4. The molecular weight excluding hydrogens is 191 g/mol. The molecule has 0 atom stereocenters. The Kier molecular flexibility index (Phi) is 4.72. The molecule has 0 aromatic carbocycles. The normalized spacial score (nSPS) is 21.6. The topological polar surface area (TPSA) is 12.0 Å². The highest BCUT2D eigenvalue weighted by molar-refractivity contribution is 4.71. The van der Waals surface area contributed by atoms with E-state index in [0.717, 1.165) is 25.7 Å². The first-order valence-electron chi connectivity index (χ1n) is 5.38. The van der Waals surface area contributed by atoms with Crippen molar-refractivity contribution in [2.75, 3.05) is 6.54 Å². The number of hydrogen-bond donors (Lipinski definition) is 1. The molecule has 0 aromatic rings. The molecule has 0 aliphatic heterocycles. The van der Waals surface area contributed by atoms with E-state index in [1.807, 2.05) is 0 Å². The van der Waals surface area contributed by atoms with Crippen LogP contribution >= 0.6 is 0 Å². The molecule has 84 valence electrons. The Morgan fingerprint density at radius 2 is 1.43 bits per heavy atom. The van der Waals surface area contributed by atoms with Gasteiger partial charge in [-0.1, -0.05) is 32.1 Å². The fourth-order valence-corrected chi connectivity index (χ4v) is 1.92. The van der Waals surface area contributed by atoms with Gasteiger partial charge in [-0.25, -0.2) is 0 Å². The maximum Gasteiger partial charge on any atom is 0.401 e. The molecule has 1 aliphatic rings. The lowest BCUT2D eigenvalue weighted by atomic mass is 9.97. The quantitative estimate of drug-likeness (QED) is 0.736. The monoisotopic (exact) mass is 209 g/mol. The van der Waals surface area contributed by atoms with Crippen molar-refractivity contribution in [1.29, 1.82) is 0 Å². The van der Waals surface area contributed by atoms with Gasteiger partial charge in [0.15, 0.2) is 0 Å². The Hall–Kier alpha value is -0.250. The third-order valence-corrected chi connectivity index (χ3v) is 2.70. The lowest BCUT2D eigenvalue weighted by molar-refractivity contribution is -0.126. The van der Waals surface area contributed by atoms with Gasteiger partial charge in [0.05, 0.1) is 6.54 Å². The van der Waals surface area contributed by atoms with Gasteiger partial charge in [-0.05, 0) is 12.8 Å². The Bertz CT molecular complexity index is 148. The summed E-state index contributed by atoms with van der Waals surface area (Å²) in [6.07, 6.45) is 3.44. The van der Waals surface area contributed by atoms with E-state index in [2.05, 4.69) is 5.32 Å². The molecule has 1 nitrogen and oxygen atoms in total. The van der Waals surface area contributed by atoms with Crippen molar-refractivity contribution < 1.29 is 13.2 Å². The minimum atomic E-state index is -4.07. The summed E-state index contributed by atoms with van der Waals surface area (Å²) in [5.74, 6) is 0. The molecule has 0 spiro atoms. The molecule has 1 N–H and O–H groups in total. The smallest absolute Gasteiger partial charge is 0.306 e. The summed E-state index contributed by atoms with van der Waals surface area (Å²) in [5, 5.41) is 2.60.